The molecule has 6 fully saturated rings. The molecule has 143 heavy (non-hydrogen) atoms. The van der Waals surface area contributed by atoms with Gasteiger partial charge in [0.15, 0.2) is 36.2 Å². The smallest absolute Gasteiger partial charge is 0.439 e. The third kappa shape index (κ3) is 47.5. The minimum absolute atomic E-state index is 0.0159. The summed E-state index contributed by atoms with van der Waals surface area (Å²) in [7, 11) is -3.25. The van der Waals surface area contributed by atoms with Gasteiger partial charge in [0.25, 0.3) is 0 Å². The third-order valence-corrected chi connectivity index (χ3v) is 75.9. The van der Waals surface area contributed by atoms with Crippen molar-refractivity contribution in [1.82, 2.24) is 27.4 Å². The van der Waals surface area contributed by atoms with Crippen LogP contribution in [0.2, 0.25) is 150 Å². The molecule has 11 atom stereocenters. The number of ether oxygens (including phenoxy) is 4. The van der Waals surface area contributed by atoms with E-state index in [1.165, 1.54) is 132 Å². The van der Waals surface area contributed by atoms with Crippen molar-refractivity contribution < 1.29 is 137 Å². The van der Waals surface area contributed by atoms with Gasteiger partial charge in [-0.25, -0.2) is 56.2 Å². The molecule has 0 spiro atoms. The van der Waals surface area contributed by atoms with Gasteiger partial charge in [-0.15, -0.1) is 19.7 Å². The van der Waals surface area contributed by atoms with Crippen LogP contribution in [0.5, 0.6) is 0 Å². The second-order valence-corrected chi connectivity index (χ2v) is 83.5. The highest BCUT2D eigenvalue weighted by Gasteiger charge is 2.51. The van der Waals surface area contributed by atoms with Gasteiger partial charge in [-0.05, 0) is 171 Å². The van der Waals surface area contributed by atoms with Gasteiger partial charge in [0.05, 0.1) is 46.1 Å². The summed E-state index contributed by atoms with van der Waals surface area (Å²) < 4.78 is 183. The van der Waals surface area contributed by atoms with Crippen LogP contribution in [-0.2, 0) is 176 Å². The molecular formula is C85H184N6O37Si15. The summed E-state index contributed by atoms with van der Waals surface area (Å²) >= 11 is 0. The molecule has 0 amide bonds. The molecule has 836 valence electrons. The molecular weight excluding hydrogens is 2120 g/mol. The van der Waals surface area contributed by atoms with Crippen molar-refractivity contribution in [3.05, 3.63) is 101 Å². The van der Waals surface area contributed by atoms with Crippen LogP contribution in [0.25, 0.3) is 0 Å². The minimum Gasteiger partial charge on any atom is -0.439 e. The molecule has 2 aromatic rings. The van der Waals surface area contributed by atoms with Crippen molar-refractivity contribution in [3.63, 3.8) is 0 Å². The summed E-state index contributed by atoms with van der Waals surface area (Å²) in [6.07, 6.45) is 17.7. The van der Waals surface area contributed by atoms with E-state index < -0.39 is 166 Å². The molecule has 8 heterocycles. The summed E-state index contributed by atoms with van der Waals surface area (Å²) in [5.41, 5.74) is -4.08. The molecule has 0 bridgehead atoms. The fraction of sp³-hybridized carbons (Fsp3) is 0.859. The van der Waals surface area contributed by atoms with Crippen LogP contribution < -0.4 is 34.1 Å². The Morgan fingerprint density at radius 1 is 0.301 bits per heavy atom. The number of nitrogens with zero attached hydrogens (tertiary/aromatic N) is 6. The maximum atomic E-state index is 13.0. The first-order valence-corrected chi connectivity index (χ1v) is 84.1. The summed E-state index contributed by atoms with van der Waals surface area (Å²) in [6, 6.07) is 12.9. The van der Waals surface area contributed by atoms with Crippen LogP contribution in [0.15, 0.2) is 66.7 Å². The van der Waals surface area contributed by atoms with Gasteiger partial charge in [-0.2, -0.15) is 0 Å². The minimum atomic E-state index is -2.86. The Balaban J connectivity index is 0.000000447. The molecule has 43 nitrogen and oxygen atoms in total. The van der Waals surface area contributed by atoms with Crippen molar-refractivity contribution in [2.24, 2.45) is 0 Å². The lowest BCUT2D eigenvalue weighted by Gasteiger charge is -2.40. The fourth-order valence-electron chi connectivity index (χ4n) is 16.8. The highest BCUT2D eigenvalue weighted by molar-refractivity contribution is 6.84. The summed E-state index contributed by atoms with van der Waals surface area (Å²) in [5.74, 6) is 0. The first-order chi connectivity index (χ1) is 68.1. The lowest BCUT2D eigenvalue weighted by atomic mass is 10.4. The Morgan fingerprint density at radius 3 is 0.755 bits per heavy atom. The van der Waals surface area contributed by atoms with Crippen LogP contribution in [0.1, 0.15) is 83.5 Å². The van der Waals surface area contributed by atoms with E-state index in [4.69, 9.17) is 137 Å². The molecule has 6 aliphatic rings. The largest absolute Gasteiger partial charge is 0.500 e. The Kier molecular flexibility index (Phi) is 66.6. The lowest BCUT2D eigenvalue weighted by Crippen LogP contribution is -2.55. The van der Waals surface area contributed by atoms with E-state index in [1.807, 2.05) is 0 Å². The SMILES string of the molecule is C=CCn1c(=O)n(CC=C)c(=O)n(CCC[Si](OC)(OC)OC)c1=O.C=CCn1c(=O)n(CCC[Si](OC)(OC)OC)c(=O)n(CCC[Si](OC)(OC)OC)c1=O.CO[Si](CC[Si]1(C)OCCCC[SiH](C)O1)(OC)OC.CO[Si](CC[Si]1(C)OCCCC[SiH](C)O1)(OC)OC.CO[Si](CC[Si]1(C)O[SiH](C)CCCCO[Si](C)(CCCOCC2CO2)O1)(OC)OC.C[SiH]1CCCCO[Si](C)(CCCOCC2CO2)O1. The molecule has 58 heteroatoms. The first-order valence-electron chi connectivity index (χ1n) is 50.1. The average Bonchev–Trinajstić information content (AvgIpc) is 1.69. The Hall–Kier alpha value is -1.95. The number of aromatic nitrogens is 6. The third-order valence-electron chi connectivity index (χ3n) is 25.7. The van der Waals surface area contributed by atoms with Crippen molar-refractivity contribution in [2.45, 2.75) is 285 Å². The normalized spacial score (nSPS) is 24.4. The molecule has 0 aliphatic carbocycles. The predicted octanol–water partition coefficient (Wildman–Crippen LogP) is 9.00. The monoisotopic (exact) mass is 2300 g/mol. The molecule has 6 saturated heterocycles. The average molecular weight is 2300 g/mol. The predicted molar refractivity (Wildman–Crippen MR) is 582 cm³/mol. The van der Waals surface area contributed by atoms with E-state index in [9.17, 15) is 28.8 Å². The van der Waals surface area contributed by atoms with Gasteiger partial charge in [-0.3, -0.25) is 0 Å². The Bertz CT molecular complexity index is 4020. The topological polar surface area (TPSA) is 425 Å². The second-order valence-electron chi connectivity index (χ2n) is 36.6. The van der Waals surface area contributed by atoms with Gasteiger partial charge in [0.1, 0.15) is 12.2 Å². The molecule has 0 N–H and O–H groups in total. The molecule has 11 unspecified atom stereocenters. The summed E-state index contributed by atoms with van der Waals surface area (Å²) in [5, 5.41) is 0. The number of hydrogen-bond acceptors (Lipinski definition) is 37. The molecule has 8 rings (SSSR count). The van der Waals surface area contributed by atoms with E-state index in [0.717, 1.165) is 161 Å². The van der Waals surface area contributed by atoms with E-state index in [-0.39, 0.29) is 39.3 Å². The van der Waals surface area contributed by atoms with E-state index in [2.05, 4.69) is 78.7 Å². The number of epoxide rings is 2. The van der Waals surface area contributed by atoms with Crippen molar-refractivity contribution in [3.8, 4) is 0 Å². The zero-order valence-electron chi connectivity index (χ0n) is 91.7. The van der Waals surface area contributed by atoms with Gasteiger partial charge in [0, 0.05) is 224 Å². The van der Waals surface area contributed by atoms with Crippen LogP contribution in [0.3, 0.4) is 0 Å². The summed E-state index contributed by atoms with van der Waals surface area (Å²) in [6.45, 7) is 39.0. The van der Waals surface area contributed by atoms with Gasteiger partial charge < -0.3 is 137 Å². The van der Waals surface area contributed by atoms with Crippen LogP contribution in [0, 0.1) is 0 Å². The Morgan fingerprint density at radius 2 is 0.510 bits per heavy atom. The van der Waals surface area contributed by atoms with Crippen molar-refractivity contribution in [1.29, 1.82) is 0 Å². The van der Waals surface area contributed by atoms with E-state index in [1.54, 1.807) is 64.0 Å². The summed E-state index contributed by atoms with van der Waals surface area (Å²) in [4.78, 5) is 75.9. The maximum Gasteiger partial charge on any atom is 0.500 e. The fourth-order valence-corrected chi connectivity index (χ4v) is 65.9. The number of rotatable bonds is 57. The molecule has 2 aromatic heterocycles. The number of allylic oxidation sites excluding steroid dienone is 3. The molecule has 0 saturated carbocycles. The zero-order valence-corrected chi connectivity index (χ0v) is 107. The van der Waals surface area contributed by atoms with E-state index in [0.29, 0.717) is 68.9 Å². The van der Waals surface area contributed by atoms with Gasteiger partial charge in [-0.1, -0.05) is 43.9 Å². The maximum absolute atomic E-state index is 13.0. The van der Waals surface area contributed by atoms with E-state index >= 15 is 0 Å². The number of hydrogen-bond donors (Lipinski definition) is 0. The standard InChI is InChI=1S/C18H35N3O9Si2.C18H42O8Si4.C15H25N3O6Si.C12H26O4Si2.2C11H28O5Si3/c1-8-11-19-16(22)20(12-9-14-31(25-2,26-3)27-4)18(24)21(17(19)23)13-10-15-32(28-5,29-6)30-7;1-19-30(20-2,21-3)15-14-29(6)25-27(4)12-8-7-11-24-28(5,26-29)13-9-10-22-16-18-17-23-18;1-6-9-16-13(19)17(10-7-2)15(21)18(14(16)20)11-8-12-25(22-3,23-4)24-5;1-17-8-4-3-7-15-18(2,16-17)9-5-6-13-10-12-11-14-12;2*1-12-19(13-2,14-3)11-10-18(5)15-8-6-7-9-17(4)16-18/h8H,1,9-15H2,2-7H3;18,27H,7-17H2,1-6H3;6-7H,1-2,8-12H2,3-5H3;12,17H,3-11H2,1-2H3;2*17H,6-11H2,1-5H3. The first kappa shape index (κ1) is 135. The zero-order chi connectivity index (χ0) is 107. The molecule has 0 radical (unpaired) electrons. The lowest BCUT2D eigenvalue weighted by molar-refractivity contribution is 0.114. The van der Waals surface area contributed by atoms with Gasteiger partial charge >= 0.3 is 130 Å². The Labute approximate surface area is 869 Å². The van der Waals surface area contributed by atoms with Crippen LogP contribution >= 0.6 is 0 Å². The van der Waals surface area contributed by atoms with Crippen molar-refractivity contribution >= 4 is 132 Å². The quantitative estimate of drug-likeness (QED) is 0.0258. The van der Waals surface area contributed by atoms with Gasteiger partial charge in [0.2, 0.25) is 0 Å². The highest BCUT2D eigenvalue weighted by Crippen LogP contribution is 2.34. The molecule has 0 aromatic carbocycles. The molecule has 6 aliphatic heterocycles. The second kappa shape index (κ2) is 70.5. The highest BCUT2D eigenvalue weighted by atomic mass is 28.5. The van der Waals surface area contributed by atoms with Crippen LogP contribution in [-0.4, -0.2) is 365 Å². The van der Waals surface area contributed by atoms with Crippen molar-refractivity contribution in [2.75, 3.05) is 194 Å². The van der Waals surface area contributed by atoms with Crippen LogP contribution in [0.4, 0.5) is 0 Å².